The van der Waals surface area contributed by atoms with Crippen LogP contribution in [0.15, 0.2) is 42.6 Å². The predicted molar refractivity (Wildman–Crippen MR) is 108 cm³/mol. The molecule has 0 atom stereocenters. The Morgan fingerprint density at radius 2 is 1.96 bits per heavy atom. The lowest BCUT2D eigenvalue weighted by molar-refractivity contribution is 0.0953. The summed E-state index contributed by atoms with van der Waals surface area (Å²) in [6.07, 6.45) is 4.26. The van der Waals surface area contributed by atoms with Gasteiger partial charge in [0.1, 0.15) is 5.82 Å². The summed E-state index contributed by atoms with van der Waals surface area (Å²) in [5, 5.41) is 13.6. The van der Waals surface area contributed by atoms with Crippen LogP contribution >= 0.6 is 11.6 Å². The number of nitrogens with one attached hydrogen (secondary N) is 1. The van der Waals surface area contributed by atoms with Crippen LogP contribution in [0.4, 0.5) is 5.82 Å². The van der Waals surface area contributed by atoms with Crippen molar-refractivity contribution in [1.82, 2.24) is 10.3 Å². The molecule has 1 saturated heterocycles. The predicted octanol–water partition coefficient (Wildman–Crippen LogP) is 3.31. The summed E-state index contributed by atoms with van der Waals surface area (Å²) in [6, 6.07) is 11.4. The van der Waals surface area contributed by atoms with Crippen LogP contribution in [0.3, 0.4) is 0 Å². The molecule has 2 aromatic rings. The Morgan fingerprint density at radius 1 is 1.26 bits per heavy atom. The molecule has 1 aromatic heterocycles. The molecule has 0 bridgehead atoms. The van der Waals surface area contributed by atoms with Gasteiger partial charge < -0.3 is 15.3 Å². The first-order valence-corrected chi connectivity index (χ1v) is 9.77. The molecule has 3 rings (SSSR count). The number of carbonyl (C=O) groups excluding carboxylic acids is 1. The zero-order chi connectivity index (χ0) is 19.3. The normalized spacial score (nSPS) is 16.2. The maximum absolute atomic E-state index is 12.1. The third kappa shape index (κ3) is 4.79. The Labute approximate surface area is 165 Å². The zero-order valence-electron chi connectivity index (χ0n) is 15.6. The van der Waals surface area contributed by atoms with E-state index >= 15 is 0 Å². The number of piperidine rings is 1. The number of hydrogen-bond donors (Lipinski definition) is 2. The molecule has 1 aliphatic heterocycles. The molecule has 5 nitrogen and oxygen atoms in total. The second-order valence-electron chi connectivity index (χ2n) is 7.21. The van der Waals surface area contributed by atoms with Gasteiger partial charge in [0.15, 0.2) is 0 Å². The third-order valence-electron chi connectivity index (χ3n) is 5.32. The van der Waals surface area contributed by atoms with E-state index in [1.54, 1.807) is 12.3 Å². The molecular weight excluding hydrogens is 362 g/mol. The number of hydrogen-bond acceptors (Lipinski definition) is 4. The number of pyridine rings is 1. The Balaban J connectivity index is 1.67. The average Bonchev–Trinajstić information content (AvgIpc) is 2.70. The number of rotatable bonds is 6. The van der Waals surface area contributed by atoms with Crippen LogP contribution in [-0.4, -0.2) is 42.2 Å². The van der Waals surface area contributed by atoms with Gasteiger partial charge in [0.25, 0.3) is 5.91 Å². The number of benzene rings is 1. The van der Waals surface area contributed by atoms with Crippen LogP contribution in [0.5, 0.6) is 0 Å². The Kier molecular flexibility index (Phi) is 6.34. The van der Waals surface area contributed by atoms with Crippen molar-refractivity contribution in [2.24, 2.45) is 5.41 Å². The number of aliphatic hydroxyl groups excluding tert-OH is 1. The molecule has 6 heteroatoms. The lowest BCUT2D eigenvalue weighted by Gasteiger charge is -2.41. The number of amides is 1. The molecule has 0 aliphatic carbocycles. The summed E-state index contributed by atoms with van der Waals surface area (Å²) in [5.41, 5.74) is 1.70. The Hall–Kier alpha value is -2.11. The van der Waals surface area contributed by atoms with E-state index < -0.39 is 0 Å². The number of aromatic nitrogens is 1. The molecular formula is C21H26ClN3O2. The highest BCUT2D eigenvalue weighted by molar-refractivity contribution is 6.30. The van der Waals surface area contributed by atoms with Gasteiger partial charge >= 0.3 is 0 Å². The van der Waals surface area contributed by atoms with Crippen molar-refractivity contribution < 1.29 is 9.90 Å². The van der Waals surface area contributed by atoms with Crippen LogP contribution in [0.2, 0.25) is 5.02 Å². The second-order valence-corrected chi connectivity index (χ2v) is 7.65. The summed E-state index contributed by atoms with van der Waals surface area (Å²) in [6.45, 7) is 4.28. The van der Waals surface area contributed by atoms with Gasteiger partial charge in [-0.1, -0.05) is 23.7 Å². The lowest BCUT2D eigenvalue weighted by Crippen LogP contribution is -2.43. The number of nitrogens with zero attached hydrogens (tertiary/aromatic N) is 2. The molecule has 0 unspecified atom stereocenters. The van der Waals surface area contributed by atoms with Gasteiger partial charge in [-0.3, -0.25) is 4.79 Å². The SMILES string of the molecule is CCNC(=O)c1ccnc(N2CCC(CO)(Cc3ccc(Cl)cc3)CC2)c1. The largest absolute Gasteiger partial charge is 0.396 e. The first kappa shape index (κ1) is 19.6. The molecule has 2 N–H and O–H groups in total. The molecule has 1 aliphatic rings. The molecule has 0 spiro atoms. The number of anilines is 1. The summed E-state index contributed by atoms with van der Waals surface area (Å²) in [7, 11) is 0. The fourth-order valence-corrected chi connectivity index (χ4v) is 3.76. The number of halogens is 1. The Morgan fingerprint density at radius 3 is 2.59 bits per heavy atom. The topological polar surface area (TPSA) is 65.5 Å². The van der Waals surface area contributed by atoms with Crippen molar-refractivity contribution >= 4 is 23.3 Å². The highest BCUT2D eigenvalue weighted by Gasteiger charge is 2.34. The van der Waals surface area contributed by atoms with Crippen molar-refractivity contribution in [3.8, 4) is 0 Å². The van der Waals surface area contributed by atoms with E-state index in [1.807, 2.05) is 37.3 Å². The summed E-state index contributed by atoms with van der Waals surface area (Å²) < 4.78 is 0. The van der Waals surface area contributed by atoms with Crippen LogP contribution in [0.25, 0.3) is 0 Å². The quantitative estimate of drug-likeness (QED) is 0.798. The second kappa shape index (κ2) is 8.72. The van der Waals surface area contributed by atoms with Gasteiger partial charge in [0.2, 0.25) is 0 Å². The highest BCUT2D eigenvalue weighted by Crippen LogP contribution is 2.36. The first-order valence-electron chi connectivity index (χ1n) is 9.40. The van der Waals surface area contributed by atoms with E-state index in [4.69, 9.17) is 11.6 Å². The van der Waals surface area contributed by atoms with Crippen molar-refractivity contribution in [3.63, 3.8) is 0 Å². The fraction of sp³-hybridized carbons (Fsp3) is 0.429. The van der Waals surface area contributed by atoms with Crippen LogP contribution < -0.4 is 10.2 Å². The van der Waals surface area contributed by atoms with Crippen molar-refractivity contribution in [2.45, 2.75) is 26.2 Å². The summed E-state index contributed by atoms with van der Waals surface area (Å²) in [4.78, 5) is 18.7. The van der Waals surface area contributed by atoms with Crippen molar-refractivity contribution in [1.29, 1.82) is 0 Å². The van der Waals surface area contributed by atoms with Gasteiger partial charge in [-0.25, -0.2) is 4.98 Å². The molecule has 0 saturated carbocycles. The summed E-state index contributed by atoms with van der Waals surface area (Å²) >= 11 is 5.97. The van der Waals surface area contributed by atoms with E-state index in [0.29, 0.717) is 12.1 Å². The maximum Gasteiger partial charge on any atom is 0.251 e. The number of aliphatic hydroxyl groups is 1. The van der Waals surface area contributed by atoms with Gasteiger partial charge in [0, 0.05) is 48.4 Å². The fourth-order valence-electron chi connectivity index (χ4n) is 3.63. The van der Waals surface area contributed by atoms with Crippen molar-refractivity contribution in [3.05, 3.63) is 58.7 Å². The third-order valence-corrected chi connectivity index (χ3v) is 5.57. The minimum Gasteiger partial charge on any atom is -0.396 e. The zero-order valence-corrected chi connectivity index (χ0v) is 16.4. The maximum atomic E-state index is 12.1. The Bertz CT molecular complexity index is 771. The van der Waals surface area contributed by atoms with Gasteiger partial charge in [-0.15, -0.1) is 0 Å². The average molecular weight is 388 g/mol. The van der Waals surface area contributed by atoms with Crippen LogP contribution in [-0.2, 0) is 6.42 Å². The van der Waals surface area contributed by atoms with Gasteiger partial charge in [0.05, 0.1) is 0 Å². The molecule has 1 amide bonds. The smallest absolute Gasteiger partial charge is 0.251 e. The number of carbonyl (C=O) groups is 1. The van der Waals surface area contributed by atoms with E-state index in [-0.39, 0.29) is 17.9 Å². The van der Waals surface area contributed by atoms with Gasteiger partial charge in [-0.05, 0) is 56.0 Å². The van der Waals surface area contributed by atoms with Gasteiger partial charge in [-0.2, -0.15) is 0 Å². The minimum atomic E-state index is -0.123. The molecule has 2 heterocycles. The lowest BCUT2D eigenvalue weighted by atomic mass is 9.74. The first-order chi connectivity index (χ1) is 13.0. The molecule has 1 aromatic carbocycles. The molecule has 27 heavy (non-hydrogen) atoms. The molecule has 0 radical (unpaired) electrons. The minimum absolute atomic E-state index is 0.0781. The van der Waals surface area contributed by atoms with Crippen molar-refractivity contribution in [2.75, 3.05) is 31.1 Å². The highest BCUT2D eigenvalue weighted by atomic mass is 35.5. The molecule has 1 fully saturated rings. The standard InChI is InChI=1S/C21H26ClN3O2/c1-2-23-20(27)17-7-10-24-19(13-17)25-11-8-21(15-26,9-12-25)14-16-3-5-18(22)6-4-16/h3-7,10,13,26H,2,8-9,11-12,14-15H2,1H3,(H,23,27). The van der Waals surface area contributed by atoms with E-state index in [1.165, 1.54) is 5.56 Å². The molecule has 144 valence electrons. The van der Waals surface area contributed by atoms with E-state index in [0.717, 1.165) is 43.2 Å². The van der Waals surface area contributed by atoms with E-state index in [2.05, 4.69) is 15.2 Å². The van der Waals surface area contributed by atoms with Crippen LogP contribution in [0, 0.1) is 5.41 Å². The monoisotopic (exact) mass is 387 g/mol. The van der Waals surface area contributed by atoms with Crippen LogP contribution in [0.1, 0.15) is 35.7 Å². The summed E-state index contributed by atoms with van der Waals surface area (Å²) in [5.74, 6) is 0.738. The van der Waals surface area contributed by atoms with E-state index in [9.17, 15) is 9.90 Å².